The Balaban J connectivity index is 1.85. The van der Waals surface area contributed by atoms with E-state index in [2.05, 4.69) is 42.2 Å². The van der Waals surface area contributed by atoms with Gasteiger partial charge in [0.15, 0.2) is 5.82 Å². The molecule has 2 N–H and O–H groups in total. The minimum Gasteiger partial charge on any atom is -0.397 e. The van der Waals surface area contributed by atoms with E-state index in [0.717, 1.165) is 16.1 Å². The van der Waals surface area contributed by atoms with Crippen molar-refractivity contribution in [3.8, 4) is 10.8 Å². The Morgan fingerprint density at radius 1 is 1.14 bits per heavy atom. The number of nitrogen functional groups attached to an aromatic ring is 1. The minimum absolute atomic E-state index is 0.504. The molecule has 1 aromatic carbocycles. The first-order valence-electron chi connectivity index (χ1n) is 6.77. The van der Waals surface area contributed by atoms with Crippen LogP contribution in [0.2, 0.25) is 0 Å². The highest BCUT2D eigenvalue weighted by Crippen LogP contribution is 2.33. The van der Waals surface area contributed by atoms with E-state index < -0.39 is 0 Å². The van der Waals surface area contributed by atoms with Gasteiger partial charge in [-0.05, 0) is 48.4 Å². The van der Waals surface area contributed by atoms with Crippen LogP contribution in [0.3, 0.4) is 0 Å². The molecule has 0 saturated heterocycles. The summed E-state index contributed by atoms with van der Waals surface area (Å²) in [5.41, 5.74) is 11.5. The van der Waals surface area contributed by atoms with Crippen molar-refractivity contribution >= 4 is 17.0 Å². The normalized spacial score (nSPS) is 11.0. The number of rotatable bonds is 3. The van der Waals surface area contributed by atoms with Crippen molar-refractivity contribution < 1.29 is 4.52 Å². The van der Waals surface area contributed by atoms with Crippen molar-refractivity contribution in [3.05, 3.63) is 51.7 Å². The lowest BCUT2D eigenvalue weighted by Gasteiger charge is -2.02. The highest BCUT2D eigenvalue weighted by molar-refractivity contribution is 7.14. The zero-order valence-corrected chi connectivity index (χ0v) is 13.1. The summed E-state index contributed by atoms with van der Waals surface area (Å²) in [5, 5.41) is 6.05. The maximum absolute atomic E-state index is 6.02. The summed E-state index contributed by atoms with van der Waals surface area (Å²) in [7, 11) is 0. The highest BCUT2D eigenvalue weighted by Gasteiger charge is 2.15. The maximum Gasteiger partial charge on any atom is 0.270 e. The van der Waals surface area contributed by atoms with Crippen LogP contribution in [0, 0.1) is 20.8 Å². The molecule has 4 nitrogen and oxygen atoms in total. The third-order valence-corrected chi connectivity index (χ3v) is 4.72. The number of thiophene rings is 1. The lowest BCUT2D eigenvalue weighted by Crippen LogP contribution is -1.93. The van der Waals surface area contributed by atoms with Gasteiger partial charge in [-0.3, -0.25) is 0 Å². The molecule has 3 aromatic rings. The Bertz CT molecular complexity index is 789. The summed E-state index contributed by atoms with van der Waals surface area (Å²) in [5.74, 6) is 1.18. The second-order valence-corrected chi connectivity index (χ2v) is 6.15. The van der Waals surface area contributed by atoms with Gasteiger partial charge in [0.1, 0.15) is 4.88 Å². The predicted molar refractivity (Wildman–Crippen MR) is 85.5 cm³/mol. The van der Waals surface area contributed by atoms with E-state index in [-0.39, 0.29) is 0 Å². The summed E-state index contributed by atoms with van der Waals surface area (Å²) in [6, 6.07) is 6.38. The van der Waals surface area contributed by atoms with Gasteiger partial charge >= 0.3 is 0 Å². The zero-order chi connectivity index (χ0) is 15.0. The third kappa shape index (κ3) is 2.69. The average Bonchev–Trinajstić information content (AvgIpc) is 3.03. The van der Waals surface area contributed by atoms with Gasteiger partial charge in [0, 0.05) is 6.42 Å². The molecular formula is C16H17N3OS. The molecule has 5 heteroatoms. The molecule has 3 rings (SSSR count). The molecule has 0 saturated carbocycles. The van der Waals surface area contributed by atoms with Crippen LogP contribution in [0.15, 0.2) is 28.1 Å². The monoisotopic (exact) mass is 299 g/mol. The summed E-state index contributed by atoms with van der Waals surface area (Å²) in [6.07, 6.45) is 0.662. The SMILES string of the molecule is Cc1ccc(Cc2noc(-c3scc(C)c3N)n2)cc1C. The standard InChI is InChI=1S/C16H17N3OS/c1-9-4-5-12(6-10(9)2)7-13-18-16(20-19-13)15-14(17)11(3)8-21-15/h4-6,8H,7,17H2,1-3H3. The Kier molecular flexibility index (Phi) is 3.51. The van der Waals surface area contributed by atoms with Gasteiger partial charge in [0.05, 0.1) is 5.69 Å². The lowest BCUT2D eigenvalue weighted by molar-refractivity contribution is 0.425. The fourth-order valence-electron chi connectivity index (χ4n) is 2.13. The van der Waals surface area contributed by atoms with E-state index in [9.17, 15) is 0 Å². The van der Waals surface area contributed by atoms with E-state index >= 15 is 0 Å². The van der Waals surface area contributed by atoms with Crippen LogP contribution >= 0.6 is 11.3 Å². The third-order valence-electron chi connectivity index (χ3n) is 3.62. The van der Waals surface area contributed by atoms with Crippen molar-refractivity contribution in [2.24, 2.45) is 0 Å². The Labute approximate surface area is 127 Å². The Morgan fingerprint density at radius 3 is 2.62 bits per heavy atom. The fraction of sp³-hybridized carbons (Fsp3) is 0.250. The molecule has 0 aliphatic heterocycles. The van der Waals surface area contributed by atoms with Gasteiger partial charge in [0.2, 0.25) is 0 Å². The minimum atomic E-state index is 0.504. The molecule has 2 heterocycles. The van der Waals surface area contributed by atoms with Gasteiger partial charge in [-0.15, -0.1) is 11.3 Å². The molecule has 0 amide bonds. The lowest BCUT2D eigenvalue weighted by atomic mass is 10.0. The molecule has 0 atom stereocenters. The van der Waals surface area contributed by atoms with Crippen molar-refractivity contribution in [1.29, 1.82) is 0 Å². The molecule has 0 fully saturated rings. The van der Waals surface area contributed by atoms with Gasteiger partial charge in [0.25, 0.3) is 5.89 Å². The van der Waals surface area contributed by atoms with E-state index in [4.69, 9.17) is 10.3 Å². The van der Waals surface area contributed by atoms with E-state index in [1.165, 1.54) is 28.0 Å². The Hall–Kier alpha value is -2.14. The first-order chi connectivity index (χ1) is 10.0. The first-order valence-corrected chi connectivity index (χ1v) is 7.65. The smallest absolute Gasteiger partial charge is 0.270 e. The summed E-state index contributed by atoms with van der Waals surface area (Å²) in [6.45, 7) is 6.19. The summed E-state index contributed by atoms with van der Waals surface area (Å²) >= 11 is 1.53. The zero-order valence-electron chi connectivity index (χ0n) is 12.3. The average molecular weight is 299 g/mol. The van der Waals surface area contributed by atoms with Crippen molar-refractivity contribution in [2.45, 2.75) is 27.2 Å². The number of hydrogen-bond donors (Lipinski definition) is 1. The van der Waals surface area contributed by atoms with Crippen LogP contribution in [-0.4, -0.2) is 10.1 Å². The molecule has 108 valence electrons. The van der Waals surface area contributed by atoms with Gasteiger partial charge in [-0.25, -0.2) is 0 Å². The molecule has 21 heavy (non-hydrogen) atoms. The van der Waals surface area contributed by atoms with Crippen molar-refractivity contribution in [2.75, 3.05) is 5.73 Å². The van der Waals surface area contributed by atoms with Crippen molar-refractivity contribution in [1.82, 2.24) is 10.1 Å². The summed E-state index contributed by atoms with van der Waals surface area (Å²) in [4.78, 5) is 5.31. The van der Waals surface area contributed by atoms with Crippen LogP contribution in [-0.2, 0) is 6.42 Å². The second-order valence-electron chi connectivity index (χ2n) is 5.27. The molecule has 0 bridgehead atoms. The number of anilines is 1. The van der Waals surface area contributed by atoms with Crippen molar-refractivity contribution in [3.63, 3.8) is 0 Å². The Morgan fingerprint density at radius 2 is 1.95 bits per heavy atom. The number of benzene rings is 1. The number of nitrogens with zero attached hydrogens (tertiary/aromatic N) is 2. The van der Waals surface area contributed by atoms with Crippen LogP contribution in [0.1, 0.15) is 28.1 Å². The maximum atomic E-state index is 6.02. The largest absolute Gasteiger partial charge is 0.397 e. The van der Waals surface area contributed by atoms with E-state index in [0.29, 0.717) is 18.1 Å². The van der Waals surface area contributed by atoms with Gasteiger partial charge in [-0.1, -0.05) is 23.4 Å². The van der Waals surface area contributed by atoms with E-state index in [1.54, 1.807) is 0 Å². The van der Waals surface area contributed by atoms with Crippen LogP contribution in [0.4, 0.5) is 5.69 Å². The van der Waals surface area contributed by atoms with Crippen LogP contribution < -0.4 is 5.73 Å². The second kappa shape index (κ2) is 5.33. The van der Waals surface area contributed by atoms with Crippen LogP contribution in [0.5, 0.6) is 0 Å². The van der Waals surface area contributed by atoms with Gasteiger partial charge in [-0.2, -0.15) is 4.98 Å². The van der Waals surface area contributed by atoms with E-state index in [1.807, 2.05) is 12.3 Å². The predicted octanol–water partition coefficient (Wildman–Crippen LogP) is 3.90. The summed E-state index contributed by atoms with van der Waals surface area (Å²) < 4.78 is 5.34. The molecule has 0 radical (unpaired) electrons. The fourth-order valence-corrected chi connectivity index (χ4v) is 3.03. The number of hydrogen-bond acceptors (Lipinski definition) is 5. The number of nitrogens with two attached hydrogens (primary N) is 1. The quantitative estimate of drug-likeness (QED) is 0.796. The number of aromatic nitrogens is 2. The molecule has 0 aliphatic carbocycles. The van der Waals surface area contributed by atoms with Crippen LogP contribution in [0.25, 0.3) is 10.8 Å². The highest BCUT2D eigenvalue weighted by atomic mass is 32.1. The van der Waals surface area contributed by atoms with Gasteiger partial charge < -0.3 is 10.3 Å². The number of aryl methyl sites for hydroxylation is 3. The molecular weight excluding hydrogens is 282 g/mol. The molecule has 0 aliphatic rings. The first kappa shape index (κ1) is 13.8. The molecule has 0 spiro atoms. The molecule has 0 unspecified atom stereocenters. The molecule has 2 aromatic heterocycles. The topological polar surface area (TPSA) is 64.9 Å².